The summed E-state index contributed by atoms with van der Waals surface area (Å²) >= 11 is 0. The average Bonchev–Trinajstić information content (AvgIpc) is 2.79. The Balaban J connectivity index is 2.18. The lowest BCUT2D eigenvalue weighted by atomic mass is 10.1. The van der Waals surface area contributed by atoms with Gasteiger partial charge in [0.15, 0.2) is 0 Å². The summed E-state index contributed by atoms with van der Waals surface area (Å²) < 4.78 is 15.3. The third-order valence-electron chi connectivity index (χ3n) is 2.83. The van der Waals surface area contributed by atoms with Gasteiger partial charge in [0.25, 0.3) is 6.29 Å². The number of hydrogen-bond donors (Lipinski definition) is 0. The molecule has 0 N–H and O–H groups in total. The molecule has 1 heterocycles. The third kappa shape index (κ3) is 3.72. The minimum atomic E-state index is -0.814. The van der Waals surface area contributed by atoms with Crippen LogP contribution < -0.4 is 0 Å². The van der Waals surface area contributed by atoms with E-state index in [2.05, 4.69) is 0 Å². The molecule has 0 aliphatic carbocycles. The standard InChI is InChI=1S/C16H16O5/c1-3-19-16(18)13(12-7-5-4-6-8-12)10-20-14-9-11(2)15(17)21-14/h4-10,14H,3H2,1-2H3/b13-10+. The van der Waals surface area contributed by atoms with Crippen molar-refractivity contribution in [1.82, 2.24) is 0 Å². The molecular formula is C16H16O5. The first-order valence-corrected chi connectivity index (χ1v) is 6.59. The first kappa shape index (κ1) is 14.8. The summed E-state index contributed by atoms with van der Waals surface area (Å²) in [4.78, 5) is 23.2. The number of hydrogen-bond acceptors (Lipinski definition) is 5. The van der Waals surface area contributed by atoms with Crippen LogP contribution >= 0.6 is 0 Å². The van der Waals surface area contributed by atoms with Gasteiger partial charge in [0, 0.05) is 11.6 Å². The van der Waals surface area contributed by atoms with Crippen LogP contribution in [-0.4, -0.2) is 24.8 Å². The van der Waals surface area contributed by atoms with E-state index in [0.29, 0.717) is 11.1 Å². The van der Waals surface area contributed by atoms with Crippen LogP contribution in [0.1, 0.15) is 19.4 Å². The van der Waals surface area contributed by atoms with Crippen molar-refractivity contribution in [3.05, 3.63) is 53.8 Å². The summed E-state index contributed by atoms with van der Waals surface area (Å²) in [6, 6.07) is 9.00. The van der Waals surface area contributed by atoms with E-state index in [9.17, 15) is 9.59 Å². The van der Waals surface area contributed by atoms with Gasteiger partial charge in [-0.2, -0.15) is 0 Å². The lowest BCUT2D eigenvalue weighted by molar-refractivity contribution is -0.152. The molecule has 0 fully saturated rings. The van der Waals surface area contributed by atoms with Crippen molar-refractivity contribution in [3.8, 4) is 0 Å². The zero-order valence-electron chi connectivity index (χ0n) is 11.9. The molecule has 1 unspecified atom stereocenters. The van der Waals surface area contributed by atoms with E-state index in [4.69, 9.17) is 14.2 Å². The van der Waals surface area contributed by atoms with Gasteiger partial charge < -0.3 is 14.2 Å². The van der Waals surface area contributed by atoms with E-state index in [-0.39, 0.29) is 12.2 Å². The Morgan fingerprint density at radius 3 is 2.62 bits per heavy atom. The Bertz CT molecular complexity index is 586. The molecule has 0 saturated carbocycles. The maximum Gasteiger partial charge on any atom is 0.341 e. The average molecular weight is 288 g/mol. The quantitative estimate of drug-likeness (QED) is 0.473. The topological polar surface area (TPSA) is 61.8 Å². The van der Waals surface area contributed by atoms with Crippen LogP contribution in [0, 0.1) is 0 Å². The molecule has 110 valence electrons. The highest BCUT2D eigenvalue weighted by Crippen LogP contribution is 2.19. The summed E-state index contributed by atoms with van der Waals surface area (Å²) in [5.74, 6) is -0.917. The van der Waals surface area contributed by atoms with Gasteiger partial charge in [0.05, 0.1) is 6.61 Å². The SMILES string of the molecule is CCOC(=O)/C(=C/OC1C=C(C)C(=O)O1)c1ccccc1. The minimum Gasteiger partial charge on any atom is -0.462 e. The molecule has 0 spiro atoms. The van der Waals surface area contributed by atoms with Crippen LogP contribution in [-0.2, 0) is 23.8 Å². The fourth-order valence-electron chi connectivity index (χ4n) is 1.77. The van der Waals surface area contributed by atoms with E-state index >= 15 is 0 Å². The van der Waals surface area contributed by atoms with E-state index in [1.807, 2.05) is 18.2 Å². The van der Waals surface area contributed by atoms with Crippen LogP contribution in [0.25, 0.3) is 5.57 Å². The lowest BCUT2D eigenvalue weighted by Crippen LogP contribution is -2.12. The van der Waals surface area contributed by atoms with Gasteiger partial charge in [-0.05, 0) is 19.4 Å². The Morgan fingerprint density at radius 2 is 2.05 bits per heavy atom. The zero-order valence-corrected chi connectivity index (χ0v) is 11.9. The van der Waals surface area contributed by atoms with E-state index in [0.717, 1.165) is 0 Å². The molecule has 21 heavy (non-hydrogen) atoms. The summed E-state index contributed by atoms with van der Waals surface area (Å²) in [5, 5.41) is 0. The molecule has 5 nitrogen and oxygen atoms in total. The van der Waals surface area contributed by atoms with Gasteiger partial charge in [-0.3, -0.25) is 0 Å². The number of rotatable bonds is 5. The molecule has 0 aromatic heterocycles. The summed E-state index contributed by atoms with van der Waals surface area (Å²) in [6.07, 6.45) is 2.00. The molecule has 1 aromatic carbocycles. The smallest absolute Gasteiger partial charge is 0.341 e. The molecule has 0 radical (unpaired) electrons. The third-order valence-corrected chi connectivity index (χ3v) is 2.83. The van der Waals surface area contributed by atoms with Crippen LogP contribution in [0.4, 0.5) is 0 Å². The van der Waals surface area contributed by atoms with Crippen molar-refractivity contribution < 1.29 is 23.8 Å². The predicted molar refractivity (Wildman–Crippen MR) is 75.8 cm³/mol. The number of carbonyl (C=O) groups excluding carboxylic acids is 2. The van der Waals surface area contributed by atoms with Gasteiger partial charge >= 0.3 is 11.9 Å². The first-order chi connectivity index (χ1) is 10.1. The van der Waals surface area contributed by atoms with Crippen molar-refractivity contribution in [2.75, 3.05) is 6.61 Å². The van der Waals surface area contributed by atoms with Crippen LogP contribution in [0.15, 0.2) is 48.2 Å². The van der Waals surface area contributed by atoms with Crippen LogP contribution in [0.2, 0.25) is 0 Å². The van der Waals surface area contributed by atoms with E-state index in [1.54, 1.807) is 32.1 Å². The Hall–Kier alpha value is -2.56. The Labute approximate surface area is 122 Å². The molecule has 0 bridgehead atoms. The second-order valence-electron chi connectivity index (χ2n) is 4.38. The second kappa shape index (κ2) is 6.74. The fourth-order valence-corrected chi connectivity index (χ4v) is 1.77. The van der Waals surface area contributed by atoms with Crippen molar-refractivity contribution in [2.24, 2.45) is 0 Å². The molecular weight excluding hydrogens is 272 g/mol. The fraction of sp³-hybridized carbons (Fsp3) is 0.250. The lowest BCUT2D eigenvalue weighted by Gasteiger charge is -2.11. The van der Waals surface area contributed by atoms with Gasteiger partial charge in [-0.1, -0.05) is 30.3 Å². The number of carbonyl (C=O) groups is 2. The summed E-state index contributed by atoms with van der Waals surface area (Å²) in [5.41, 5.74) is 1.42. The highest BCUT2D eigenvalue weighted by atomic mass is 16.7. The van der Waals surface area contributed by atoms with Crippen molar-refractivity contribution in [2.45, 2.75) is 20.1 Å². The second-order valence-corrected chi connectivity index (χ2v) is 4.38. The maximum atomic E-state index is 12.0. The number of esters is 2. The van der Waals surface area contributed by atoms with Gasteiger partial charge in [-0.15, -0.1) is 0 Å². The van der Waals surface area contributed by atoms with Crippen LogP contribution in [0.3, 0.4) is 0 Å². The highest BCUT2D eigenvalue weighted by molar-refractivity contribution is 6.16. The van der Waals surface area contributed by atoms with Crippen molar-refractivity contribution >= 4 is 17.5 Å². The van der Waals surface area contributed by atoms with Gasteiger partial charge in [0.2, 0.25) is 0 Å². The molecule has 1 aliphatic rings. The molecule has 1 aliphatic heterocycles. The molecule has 2 rings (SSSR count). The molecule has 0 amide bonds. The van der Waals surface area contributed by atoms with E-state index < -0.39 is 18.2 Å². The molecule has 1 aromatic rings. The first-order valence-electron chi connectivity index (χ1n) is 6.59. The molecule has 5 heteroatoms. The Kier molecular flexibility index (Phi) is 4.77. The summed E-state index contributed by atoms with van der Waals surface area (Å²) in [6.45, 7) is 3.63. The van der Waals surface area contributed by atoms with Crippen molar-refractivity contribution in [1.29, 1.82) is 0 Å². The normalized spacial score (nSPS) is 18.0. The highest BCUT2D eigenvalue weighted by Gasteiger charge is 2.23. The monoisotopic (exact) mass is 288 g/mol. The predicted octanol–water partition coefficient (Wildman–Crippen LogP) is 2.44. The number of benzene rings is 1. The van der Waals surface area contributed by atoms with Gasteiger partial charge in [-0.25, -0.2) is 9.59 Å². The minimum absolute atomic E-state index is 0.264. The summed E-state index contributed by atoms with van der Waals surface area (Å²) in [7, 11) is 0. The number of ether oxygens (including phenoxy) is 3. The Morgan fingerprint density at radius 1 is 1.33 bits per heavy atom. The van der Waals surface area contributed by atoms with Crippen molar-refractivity contribution in [3.63, 3.8) is 0 Å². The van der Waals surface area contributed by atoms with Crippen LogP contribution in [0.5, 0.6) is 0 Å². The number of cyclic esters (lactones) is 1. The van der Waals surface area contributed by atoms with Gasteiger partial charge in [0.1, 0.15) is 11.8 Å². The largest absolute Gasteiger partial charge is 0.462 e. The molecule has 0 saturated heterocycles. The maximum absolute atomic E-state index is 12.0. The van der Waals surface area contributed by atoms with E-state index in [1.165, 1.54) is 6.26 Å². The molecule has 1 atom stereocenters. The zero-order chi connectivity index (χ0) is 15.2.